The molecule has 2 saturated heterocycles. The molecule has 4 heterocycles. The van der Waals surface area contributed by atoms with Crippen molar-refractivity contribution in [3.8, 4) is 28.8 Å². The van der Waals surface area contributed by atoms with E-state index in [1.807, 2.05) is 32.0 Å². The fourth-order valence-corrected chi connectivity index (χ4v) is 7.17. The van der Waals surface area contributed by atoms with Crippen molar-refractivity contribution < 1.29 is 23.5 Å². The summed E-state index contributed by atoms with van der Waals surface area (Å²) >= 11 is 1.40. The number of para-hydroxylation sites is 1. The lowest BCUT2D eigenvalue weighted by molar-refractivity contribution is -0.128. The Labute approximate surface area is 293 Å². The first-order chi connectivity index (χ1) is 24.1. The quantitative estimate of drug-likeness (QED) is 0.185. The molecule has 2 aromatic heterocycles. The average molecular weight is 700 g/mol. The largest absolute Gasteiger partial charge is 0.457 e. The summed E-state index contributed by atoms with van der Waals surface area (Å²) in [4.78, 5) is 39.3. The van der Waals surface area contributed by atoms with Gasteiger partial charge in [-0.2, -0.15) is 10.4 Å². The number of aromatic nitrogens is 4. The number of piperazine rings is 1. The summed E-state index contributed by atoms with van der Waals surface area (Å²) in [6, 6.07) is 15.4. The van der Waals surface area contributed by atoms with E-state index in [1.54, 1.807) is 44.2 Å². The second-order valence-corrected chi connectivity index (χ2v) is 14.0. The summed E-state index contributed by atoms with van der Waals surface area (Å²) < 4.78 is 28.0. The number of fused-ring (bicyclic) bond motifs is 1. The van der Waals surface area contributed by atoms with Crippen LogP contribution in [0.3, 0.4) is 0 Å². The van der Waals surface area contributed by atoms with Crippen LogP contribution in [0.1, 0.15) is 32.7 Å². The molecule has 2 aromatic carbocycles. The summed E-state index contributed by atoms with van der Waals surface area (Å²) in [6.07, 6.45) is 2.33. The van der Waals surface area contributed by atoms with E-state index in [9.17, 15) is 14.9 Å². The zero-order valence-electron chi connectivity index (χ0n) is 28.1. The number of nitrogens with two attached hydrogens (primary N) is 1. The Kier molecular flexibility index (Phi) is 10.2. The predicted octanol–water partition coefficient (Wildman–Crippen LogP) is 5.43. The number of ether oxygens (including phenoxy) is 2. The molecule has 2 fully saturated rings. The number of carbonyl (C=O) groups excluding carboxylic acids is 2. The van der Waals surface area contributed by atoms with Gasteiger partial charge in [-0.15, -0.1) is 11.8 Å². The van der Waals surface area contributed by atoms with Gasteiger partial charge in [0.25, 0.3) is 5.91 Å². The van der Waals surface area contributed by atoms with Crippen LogP contribution in [0.4, 0.5) is 15.0 Å². The summed E-state index contributed by atoms with van der Waals surface area (Å²) in [5.41, 5.74) is 7.27. The molecule has 50 heavy (non-hydrogen) atoms. The number of nitriles is 1. The number of halogens is 1. The van der Waals surface area contributed by atoms with Gasteiger partial charge >= 0.3 is 6.09 Å². The van der Waals surface area contributed by atoms with Crippen molar-refractivity contribution in [3.63, 3.8) is 0 Å². The SMILES string of the molecule is COC(=O)N1CCN(C(C)(C)S/C=C(\C#N)C(=O)N2CCC[C@@H](n3nc(-c4ccc(Oc5ccccc5)cc4F)c4c(N)ncnc43)C2)CC1. The second-order valence-electron chi connectivity index (χ2n) is 12.5. The molecule has 0 unspecified atom stereocenters. The number of nitrogen functional groups attached to an aromatic ring is 1. The number of amides is 2. The molecule has 0 saturated carbocycles. The minimum Gasteiger partial charge on any atom is -0.457 e. The van der Waals surface area contributed by atoms with E-state index in [-0.39, 0.29) is 47.2 Å². The number of carbonyl (C=O) groups is 2. The van der Waals surface area contributed by atoms with E-state index in [2.05, 4.69) is 20.9 Å². The standard InChI is InChI=1S/C35H38FN9O4S/c1-35(2,44-16-14-42(15-17-44)34(47)48-3)50-21-23(19-37)33(46)43-13-7-8-24(20-43)45-32-29(31(38)39-22-40-32)30(41-45)27-12-11-26(18-28(27)36)49-25-9-5-4-6-10-25/h4-6,9-12,18,21-22,24H,7-8,13-17,20H2,1-3H3,(H2,38,39,40)/b23-21+/t24-/m1/s1. The van der Waals surface area contributed by atoms with E-state index in [0.29, 0.717) is 68.1 Å². The molecule has 1 atom stereocenters. The molecule has 2 N–H and O–H groups in total. The monoisotopic (exact) mass is 699 g/mol. The Hall–Kier alpha value is -5.20. The predicted molar refractivity (Wildman–Crippen MR) is 187 cm³/mol. The van der Waals surface area contributed by atoms with E-state index in [4.69, 9.17) is 20.3 Å². The van der Waals surface area contributed by atoms with Crippen LogP contribution in [0.25, 0.3) is 22.3 Å². The Morgan fingerprint density at radius 3 is 2.52 bits per heavy atom. The number of hydrogen-bond donors (Lipinski definition) is 1. The van der Waals surface area contributed by atoms with Crippen molar-refractivity contribution in [2.45, 2.75) is 37.6 Å². The fourth-order valence-electron chi connectivity index (χ4n) is 6.28. The van der Waals surface area contributed by atoms with Gasteiger partial charge in [0.15, 0.2) is 5.65 Å². The van der Waals surface area contributed by atoms with Crippen molar-refractivity contribution in [3.05, 3.63) is 71.7 Å². The molecule has 2 amide bonds. The van der Waals surface area contributed by atoms with Gasteiger partial charge in [-0.1, -0.05) is 18.2 Å². The summed E-state index contributed by atoms with van der Waals surface area (Å²) in [5, 5.41) is 16.9. The van der Waals surface area contributed by atoms with Crippen LogP contribution in [0.5, 0.6) is 11.5 Å². The number of rotatable bonds is 8. The first-order valence-corrected chi connectivity index (χ1v) is 17.1. The number of piperidine rings is 1. The summed E-state index contributed by atoms with van der Waals surface area (Å²) in [6.45, 7) is 7.12. The minimum atomic E-state index is -0.553. The van der Waals surface area contributed by atoms with Crippen LogP contribution < -0.4 is 10.5 Å². The number of benzene rings is 2. The zero-order valence-corrected chi connectivity index (χ0v) is 28.9. The van der Waals surface area contributed by atoms with Crippen LogP contribution >= 0.6 is 11.8 Å². The summed E-state index contributed by atoms with van der Waals surface area (Å²) in [7, 11) is 1.37. The molecule has 0 radical (unpaired) electrons. The smallest absolute Gasteiger partial charge is 0.409 e. The first kappa shape index (κ1) is 34.7. The molecule has 13 nitrogen and oxygen atoms in total. The van der Waals surface area contributed by atoms with Gasteiger partial charge in [0, 0.05) is 50.9 Å². The van der Waals surface area contributed by atoms with Crippen LogP contribution in [0.2, 0.25) is 0 Å². The molecule has 15 heteroatoms. The van der Waals surface area contributed by atoms with Crippen LogP contribution in [0.15, 0.2) is 65.8 Å². The maximum absolute atomic E-state index is 15.7. The lowest BCUT2D eigenvalue weighted by Crippen LogP contribution is -2.54. The number of methoxy groups -OCH3 is 1. The van der Waals surface area contributed by atoms with Gasteiger partial charge in [-0.25, -0.2) is 23.8 Å². The van der Waals surface area contributed by atoms with Gasteiger partial charge in [0.2, 0.25) is 0 Å². The van der Waals surface area contributed by atoms with E-state index >= 15 is 4.39 Å². The van der Waals surface area contributed by atoms with E-state index in [1.165, 1.54) is 31.3 Å². The van der Waals surface area contributed by atoms with Crippen LogP contribution in [0, 0.1) is 17.1 Å². The second kappa shape index (κ2) is 14.7. The molecular formula is C35H38FN9O4S. The van der Waals surface area contributed by atoms with Crippen molar-refractivity contribution in [1.82, 2.24) is 34.4 Å². The molecule has 6 rings (SSSR count). The molecule has 260 valence electrons. The normalized spacial score (nSPS) is 17.4. The molecule has 0 spiro atoms. The highest BCUT2D eigenvalue weighted by atomic mass is 32.2. The highest BCUT2D eigenvalue weighted by molar-refractivity contribution is 8.03. The molecule has 2 aliphatic heterocycles. The topological polar surface area (TPSA) is 156 Å². The summed E-state index contributed by atoms with van der Waals surface area (Å²) in [5.74, 6) is 0.140. The Bertz CT molecular complexity index is 1950. The molecule has 0 bridgehead atoms. The number of nitrogens with zero attached hydrogens (tertiary/aromatic N) is 8. The number of hydrogen-bond acceptors (Lipinski definition) is 11. The van der Waals surface area contributed by atoms with Gasteiger partial charge < -0.3 is 25.0 Å². The van der Waals surface area contributed by atoms with Gasteiger partial charge in [0.05, 0.1) is 23.4 Å². The first-order valence-electron chi connectivity index (χ1n) is 16.3. The Balaban J connectivity index is 1.20. The van der Waals surface area contributed by atoms with Gasteiger partial charge in [0.1, 0.15) is 46.8 Å². The Morgan fingerprint density at radius 2 is 1.82 bits per heavy atom. The molecular weight excluding hydrogens is 662 g/mol. The van der Waals surface area contributed by atoms with Crippen molar-refractivity contribution >= 4 is 40.6 Å². The minimum absolute atomic E-state index is 0.0365. The van der Waals surface area contributed by atoms with Crippen LogP contribution in [-0.2, 0) is 9.53 Å². The maximum atomic E-state index is 15.7. The Morgan fingerprint density at radius 1 is 1.06 bits per heavy atom. The van der Waals surface area contributed by atoms with E-state index in [0.717, 1.165) is 0 Å². The average Bonchev–Trinajstić information content (AvgIpc) is 3.52. The molecule has 0 aliphatic carbocycles. The maximum Gasteiger partial charge on any atom is 0.409 e. The zero-order chi connectivity index (χ0) is 35.4. The lowest BCUT2D eigenvalue weighted by Gasteiger charge is -2.42. The number of likely N-dealkylation sites (tertiary alicyclic amines) is 1. The van der Waals surface area contributed by atoms with Gasteiger partial charge in [-0.05, 0) is 56.4 Å². The van der Waals surface area contributed by atoms with Crippen LogP contribution in [-0.4, -0.2) is 97.7 Å². The highest BCUT2D eigenvalue weighted by Crippen LogP contribution is 2.37. The number of thioether (sulfide) groups is 1. The van der Waals surface area contributed by atoms with Crippen molar-refractivity contribution in [1.29, 1.82) is 5.26 Å². The fraction of sp³-hybridized carbons (Fsp3) is 0.371. The van der Waals surface area contributed by atoms with Gasteiger partial charge in [-0.3, -0.25) is 9.69 Å². The third-order valence-corrected chi connectivity index (χ3v) is 10.2. The molecule has 4 aromatic rings. The van der Waals surface area contributed by atoms with Crippen molar-refractivity contribution in [2.75, 3.05) is 52.1 Å². The van der Waals surface area contributed by atoms with E-state index < -0.39 is 10.7 Å². The van der Waals surface area contributed by atoms with Crippen molar-refractivity contribution in [2.24, 2.45) is 0 Å². The lowest BCUT2D eigenvalue weighted by atomic mass is 10.0. The highest BCUT2D eigenvalue weighted by Gasteiger charge is 2.34. The third-order valence-electron chi connectivity index (χ3n) is 9.01. The molecule has 2 aliphatic rings. The number of anilines is 1. The third kappa shape index (κ3) is 7.22.